The SMILES string of the molecule is CCNC(=NCc1ccc(CN2CCCCC2)cc1)NCc1nccn1C(F)F. The molecule has 0 atom stereocenters. The maximum absolute atomic E-state index is 12.9. The quantitative estimate of drug-likeness (QED) is 0.522. The lowest BCUT2D eigenvalue weighted by Crippen LogP contribution is -2.37. The number of rotatable bonds is 8. The van der Waals surface area contributed by atoms with Gasteiger partial charge in [0.15, 0.2) is 5.96 Å². The van der Waals surface area contributed by atoms with Crippen LogP contribution in [0, 0.1) is 0 Å². The van der Waals surface area contributed by atoms with Gasteiger partial charge in [0.2, 0.25) is 0 Å². The van der Waals surface area contributed by atoms with E-state index in [-0.39, 0.29) is 12.4 Å². The minimum absolute atomic E-state index is 0.179. The Hall–Kier alpha value is -2.48. The van der Waals surface area contributed by atoms with Gasteiger partial charge in [-0.2, -0.15) is 8.78 Å². The Morgan fingerprint density at radius 1 is 1.10 bits per heavy atom. The van der Waals surface area contributed by atoms with Gasteiger partial charge in [0, 0.05) is 25.5 Å². The summed E-state index contributed by atoms with van der Waals surface area (Å²) in [5.74, 6) is 0.848. The average Bonchev–Trinajstić information content (AvgIpc) is 3.21. The van der Waals surface area contributed by atoms with Gasteiger partial charge in [-0.15, -0.1) is 0 Å². The fraction of sp³-hybridized carbons (Fsp3) is 0.524. The van der Waals surface area contributed by atoms with Crippen LogP contribution in [0.25, 0.3) is 0 Å². The lowest BCUT2D eigenvalue weighted by atomic mass is 10.1. The second kappa shape index (κ2) is 10.9. The van der Waals surface area contributed by atoms with E-state index in [2.05, 4.69) is 49.8 Å². The minimum Gasteiger partial charge on any atom is -0.357 e. The van der Waals surface area contributed by atoms with E-state index < -0.39 is 6.55 Å². The third kappa shape index (κ3) is 6.52. The molecule has 8 heteroatoms. The number of guanidine groups is 1. The topological polar surface area (TPSA) is 57.5 Å². The number of benzene rings is 1. The highest BCUT2D eigenvalue weighted by atomic mass is 19.3. The molecule has 158 valence electrons. The van der Waals surface area contributed by atoms with Crippen LogP contribution in [0.1, 0.15) is 49.7 Å². The van der Waals surface area contributed by atoms with Crippen molar-refractivity contribution < 1.29 is 8.78 Å². The Morgan fingerprint density at radius 2 is 1.83 bits per heavy atom. The monoisotopic (exact) mass is 404 g/mol. The molecule has 1 saturated heterocycles. The van der Waals surface area contributed by atoms with Crippen molar-refractivity contribution in [2.24, 2.45) is 4.99 Å². The number of piperidine rings is 1. The van der Waals surface area contributed by atoms with Crippen molar-refractivity contribution >= 4 is 5.96 Å². The molecule has 1 aromatic heterocycles. The summed E-state index contributed by atoms with van der Waals surface area (Å²) in [5.41, 5.74) is 2.43. The molecule has 1 aromatic carbocycles. The van der Waals surface area contributed by atoms with Crippen molar-refractivity contribution in [2.75, 3.05) is 19.6 Å². The molecule has 2 aromatic rings. The zero-order valence-electron chi connectivity index (χ0n) is 17.0. The Morgan fingerprint density at radius 3 is 2.52 bits per heavy atom. The van der Waals surface area contributed by atoms with Gasteiger partial charge in [-0.1, -0.05) is 30.7 Å². The van der Waals surface area contributed by atoms with Crippen molar-refractivity contribution in [2.45, 2.75) is 52.4 Å². The molecule has 0 aliphatic carbocycles. The number of hydrogen-bond acceptors (Lipinski definition) is 3. The second-order valence-electron chi connectivity index (χ2n) is 7.23. The van der Waals surface area contributed by atoms with Crippen LogP contribution in [0.15, 0.2) is 41.7 Å². The van der Waals surface area contributed by atoms with E-state index in [1.165, 1.54) is 50.3 Å². The zero-order chi connectivity index (χ0) is 20.5. The molecule has 0 spiro atoms. The number of halogens is 2. The summed E-state index contributed by atoms with van der Waals surface area (Å²) in [6.45, 7) is 4.13. The van der Waals surface area contributed by atoms with Crippen molar-refractivity contribution in [1.29, 1.82) is 0 Å². The predicted octanol–water partition coefficient (Wildman–Crippen LogP) is 3.52. The van der Waals surface area contributed by atoms with Gasteiger partial charge in [0.05, 0.1) is 13.1 Å². The van der Waals surface area contributed by atoms with E-state index in [1.807, 2.05) is 6.92 Å². The number of aromatic nitrogens is 2. The van der Waals surface area contributed by atoms with Crippen LogP contribution in [0.4, 0.5) is 8.78 Å². The van der Waals surface area contributed by atoms with Gasteiger partial charge in [-0.3, -0.25) is 9.47 Å². The van der Waals surface area contributed by atoms with Crippen molar-refractivity contribution in [3.8, 4) is 0 Å². The molecular formula is C21H30F2N6. The number of likely N-dealkylation sites (tertiary alicyclic amines) is 1. The van der Waals surface area contributed by atoms with Crippen LogP contribution >= 0.6 is 0 Å². The molecule has 0 amide bonds. The van der Waals surface area contributed by atoms with Crippen LogP contribution in [0.3, 0.4) is 0 Å². The lowest BCUT2D eigenvalue weighted by Gasteiger charge is -2.26. The van der Waals surface area contributed by atoms with Crippen LogP contribution in [0.5, 0.6) is 0 Å². The minimum atomic E-state index is -2.60. The van der Waals surface area contributed by atoms with Crippen LogP contribution in [0.2, 0.25) is 0 Å². The summed E-state index contributed by atoms with van der Waals surface area (Å²) >= 11 is 0. The number of imidazole rings is 1. The lowest BCUT2D eigenvalue weighted by molar-refractivity contribution is 0.0668. The first-order valence-corrected chi connectivity index (χ1v) is 10.3. The van der Waals surface area contributed by atoms with Crippen LogP contribution in [-0.4, -0.2) is 40.0 Å². The molecule has 6 nitrogen and oxygen atoms in total. The maximum atomic E-state index is 12.9. The molecule has 29 heavy (non-hydrogen) atoms. The van der Waals surface area contributed by atoms with Gasteiger partial charge >= 0.3 is 6.55 Å². The highest BCUT2D eigenvalue weighted by molar-refractivity contribution is 5.79. The van der Waals surface area contributed by atoms with E-state index in [0.29, 0.717) is 19.0 Å². The van der Waals surface area contributed by atoms with Gasteiger partial charge in [0.1, 0.15) is 5.82 Å². The summed E-state index contributed by atoms with van der Waals surface area (Å²) in [7, 11) is 0. The smallest absolute Gasteiger partial charge is 0.319 e. The summed E-state index contributed by atoms with van der Waals surface area (Å²) in [4.78, 5) is 11.0. The Bertz CT molecular complexity index is 766. The standard InChI is InChI=1S/C21H30F2N6/c1-2-24-21(27-15-19-25-10-13-29(19)20(22)23)26-14-17-6-8-18(9-7-17)16-28-11-4-3-5-12-28/h6-10,13,20H,2-5,11-12,14-16H2,1H3,(H2,24,26,27). The van der Waals surface area contributed by atoms with E-state index in [0.717, 1.165) is 16.7 Å². The molecule has 3 rings (SSSR count). The van der Waals surface area contributed by atoms with Crippen LogP contribution < -0.4 is 10.6 Å². The summed E-state index contributed by atoms with van der Waals surface area (Å²) in [6.07, 6.45) is 6.59. The fourth-order valence-electron chi connectivity index (χ4n) is 3.46. The second-order valence-corrected chi connectivity index (χ2v) is 7.23. The van der Waals surface area contributed by atoms with E-state index in [1.54, 1.807) is 0 Å². The van der Waals surface area contributed by atoms with Gasteiger partial charge < -0.3 is 10.6 Å². The normalized spacial score (nSPS) is 15.7. The van der Waals surface area contributed by atoms with E-state index >= 15 is 0 Å². The van der Waals surface area contributed by atoms with E-state index in [9.17, 15) is 8.78 Å². The Balaban J connectivity index is 1.54. The molecule has 0 saturated carbocycles. The highest BCUT2D eigenvalue weighted by Gasteiger charge is 2.12. The first kappa shape index (κ1) is 21.2. The molecule has 0 radical (unpaired) electrons. The molecule has 0 bridgehead atoms. The number of nitrogens with zero attached hydrogens (tertiary/aromatic N) is 4. The molecule has 1 aliphatic heterocycles. The molecule has 1 aliphatic rings. The van der Waals surface area contributed by atoms with Gasteiger partial charge in [-0.25, -0.2) is 9.98 Å². The molecule has 1 fully saturated rings. The number of hydrogen-bond donors (Lipinski definition) is 2. The summed E-state index contributed by atoms with van der Waals surface area (Å²) < 4.78 is 26.7. The van der Waals surface area contributed by atoms with Gasteiger partial charge in [0.25, 0.3) is 0 Å². The molecule has 2 heterocycles. The maximum Gasteiger partial charge on any atom is 0.319 e. The third-order valence-electron chi connectivity index (χ3n) is 5.01. The molecule has 2 N–H and O–H groups in total. The summed E-state index contributed by atoms with van der Waals surface area (Å²) in [6, 6.07) is 8.55. The Labute approximate surface area is 171 Å². The van der Waals surface area contributed by atoms with Crippen molar-refractivity contribution in [3.63, 3.8) is 0 Å². The van der Waals surface area contributed by atoms with Gasteiger partial charge in [-0.05, 0) is 44.0 Å². The first-order valence-electron chi connectivity index (χ1n) is 10.3. The Kier molecular flexibility index (Phi) is 7.98. The van der Waals surface area contributed by atoms with E-state index in [4.69, 9.17) is 0 Å². The highest BCUT2D eigenvalue weighted by Crippen LogP contribution is 2.14. The van der Waals surface area contributed by atoms with Crippen molar-refractivity contribution in [1.82, 2.24) is 25.1 Å². The molecular weight excluding hydrogens is 374 g/mol. The zero-order valence-corrected chi connectivity index (χ0v) is 17.0. The largest absolute Gasteiger partial charge is 0.357 e. The average molecular weight is 405 g/mol. The third-order valence-corrected chi connectivity index (χ3v) is 5.01. The predicted molar refractivity (Wildman–Crippen MR) is 111 cm³/mol. The number of aliphatic imine (C=N–C) groups is 1. The summed E-state index contributed by atoms with van der Waals surface area (Å²) in [5, 5.41) is 6.21. The first-order chi connectivity index (χ1) is 14.2. The van der Waals surface area contributed by atoms with Crippen LogP contribution in [-0.2, 0) is 19.6 Å². The molecule has 0 unspecified atom stereocenters. The number of nitrogens with one attached hydrogen (secondary N) is 2. The number of alkyl halides is 2. The fourth-order valence-corrected chi connectivity index (χ4v) is 3.46. The van der Waals surface area contributed by atoms with Crippen molar-refractivity contribution in [3.05, 3.63) is 53.6 Å².